The van der Waals surface area contributed by atoms with Crippen molar-refractivity contribution in [2.75, 3.05) is 46.2 Å². The number of morpholine rings is 1. The Hall–Kier alpha value is -1.99. The van der Waals surface area contributed by atoms with Gasteiger partial charge in [-0.05, 0) is 36.0 Å². The van der Waals surface area contributed by atoms with Gasteiger partial charge in [0.05, 0.1) is 13.2 Å². The Kier molecular flexibility index (Phi) is 7.00. The summed E-state index contributed by atoms with van der Waals surface area (Å²) in [5, 5.41) is 3.18. The minimum Gasteiger partial charge on any atom is -0.454 e. The van der Waals surface area contributed by atoms with Crippen LogP contribution in [0.3, 0.4) is 0 Å². The van der Waals surface area contributed by atoms with E-state index in [-0.39, 0.29) is 18.9 Å². The van der Waals surface area contributed by atoms with Gasteiger partial charge in [-0.2, -0.15) is 0 Å². The van der Waals surface area contributed by atoms with E-state index < -0.39 is 0 Å². The van der Waals surface area contributed by atoms with E-state index in [1.165, 1.54) is 12.8 Å². The number of hydrogen-bond acceptors (Lipinski definition) is 5. The van der Waals surface area contributed by atoms with Crippen LogP contribution in [0.1, 0.15) is 38.7 Å². The number of carbonyl (C=O) groups excluding carboxylic acids is 1. The molecule has 7 nitrogen and oxygen atoms in total. The van der Waals surface area contributed by atoms with Gasteiger partial charge >= 0.3 is 6.03 Å². The standard InChI is InChI=1S/C23H35N3O4/c1-17-4-3-5-20(18(17)2)26(15-19-6-7-21-22(14-19)30-16-29-21)23(27)24-8-9-25-10-12-28-13-11-25/h6-7,14,17-18,20H,3-5,8-13,15-16H2,1-2H3,(H,24,27). The maximum atomic E-state index is 13.3. The Labute approximate surface area is 179 Å². The summed E-state index contributed by atoms with van der Waals surface area (Å²) in [5.74, 6) is 2.66. The first-order chi connectivity index (χ1) is 14.6. The maximum absolute atomic E-state index is 13.3. The molecule has 0 bridgehead atoms. The molecule has 1 aliphatic carbocycles. The Morgan fingerprint density at radius 3 is 2.80 bits per heavy atom. The SMILES string of the molecule is CC1CCCC(N(Cc2ccc3c(c2)OCO3)C(=O)NCCN2CCOCC2)C1C. The summed E-state index contributed by atoms with van der Waals surface area (Å²) in [6.45, 7) is 10.4. The zero-order valence-corrected chi connectivity index (χ0v) is 18.3. The minimum atomic E-state index is 0.0341. The molecule has 1 saturated carbocycles. The highest BCUT2D eigenvalue weighted by molar-refractivity contribution is 5.74. The molecule has 2 fully saturated rings. The number of hydrogen-bond donors (Lipinski definition) is 1. The number of fused-ring (bicyclic) bond motifs is 1. The van der Waals surface area contributed by atoms with Crippen molar-refractivity contribution in [3.05, 3.63) is 23.8 Å². The highest BCUT2D eigenvalue weighted by Gasteiger charge is 2.34. The lowest BCUT2D eigenvalue weighted by Crippen LogP contribution is -2.52. The fourth-order valence-electron chi connectivity index (χ4n) is 4.82. The van der Waals surface area contributed by atoms with E-state index in [4.69, 9.17) is 14.2 Å². The van der Waals surface area contributed by atoms with Crippen LogP contribution in [0.2, 0.25) is 0 Å². The molecular weight excluding hydrogens is 382 g/mol. The van der Waals surface area contributed by atoms with Gasteiger partial charge in [0.2, 0.25) is 6.79 Å². The molecular formula is C23H35N3O4. The molecule has 1 aromatic rings. The lowest BCUT2D eigenvalue weighted by molar-refractivity contribution is 0.0382. The van der Waals surface area contributed by atoms with E-state index in [0.29, 0.717) is 24.9 Å². The summed E-state index contributed by atoms with van der Waals surface area (Å²) in [6.07, 6.45) is 3.48. The quantitative estimate of drug-likeness (QED) is 0.771. The second-order valence-corrected chi connectivity index (χ2v) is 8.84. The first-order valence-corrected chi connectivity index (χ1v) is 11.3. The Morgan fingerprint density at radius 1 is 1.17 bits per heavy atom. The Balaban J connectivity index is 1.43. The van der Waals surface area contributed by atoms with Gasteiger partial charge in [0.25, 0.3) is 0 Å². The molecule has 1 aromatic carbocycles. The van der Waals surface area contributed by atoms with Crippen LogP contribution in [0.15, 0.2) is 18.2 Å². The monoisotopic (exact) mass is 417 g/mol. The van der Waals surface area contributed by atoms with Crippen LogP contribution in [0.5, 0.6) is 11.5 Å². The van der Waals surface area contributed by atoms with E-state index in [0.717, 1.165) is 56.3 Å². The van der Waals surface area contributed by atoms with Crippen LogP contribution < -0.4 is 14.8 Å². The van der Waals surface area contributed by atoms with Gasteiger partial charge in [0.1, 0.15) is 0 Å². The van der Waals surface area contributed by atoms with E-state index in [9.17, 15) is 4.79 Å². The van der Waals surface area contributed by atoms with Crippen molar-refractivity contribution < 1.29 is 19.0 Å². The third kappa shape index (κ3) is 5.01. The number of benzene rings is 1. The molecule has 1 saturated heterocycles. The fourth-order valence-corrected chi connectivity index (χ4v) is 4.82. The molecule has 7 heteroatoms. The highest BCUT2D eigenvalue weighted by atomic mass is 16.7. The van der Waals surface area contributed by atoms with Crippen molar-refractivity contribution in [3.63, 3.8) is 0 Å². The number of nitrogens with one attached hydrogen (secondary N) is 1. The minimum absolute atomic E-state index is 0.0341. The van der Waals surface area contributed by atoms with Gasteiger partial charge in [0, 0.05) is 38.8 Å². The third-order valence-corrected chi connectivity index (χ3v) is 6.92. The van der Waals surface area contributed by atoms with Crippen LogP contribution in [-0.4, -0.2) is 68.1 Å². The first kappa shape index (κ1) is 21.2. The second kappa shape index (κ2) is 9.88. The number of urea groups is 1. The van der Waals surface area contributed by atoms with Crippen LogP contribution in [0.4, 0.5) is 4.79 Å². The van der Waals surface area contributed by atoms with Gasteiger partial charge in [-0.3, -0.25) is 4.90 Å². The molecule has 2 heterocycles. The smallest absolute Gasteiger partial charge is 0.318 e. The number of amides is 2. The van der Waals surface area contributed by atoms with E-state index in [1.807, 2.05) is 18.2 Å². The maximum Gasteiger partial charge on any atom is 0.318 e. The van der Waals surface area contributed by atoms with Crippen LogP contribution in [0, 0.1) is 11.8 Å². The average molecular weight is 418 g/mol. The normalized spacial score (nSPS) is 26.4. The van der Waals surface area contributed by atoms with Gasteiger partial charge in [0.15, 0.2) is 11.5 Å². The fraction of sp³-hybridized carbons (Fsp3) is 0.696. The van der Waals surface area contributed by atoms with Crippen LogP contribution in [-0.2, 0) is 11.3 Å². The zero-order valence-electron chi connectivity index (χ0n) is 18.3. The van der Waals surface area contributed by atoms with Crippen molar-refractivity contribution in [1.29, 1.82) is 0 Å². The van der Waals surface area contributed by atoms with Crippen molar-refractivity contribution in [1.82, 2.24) is 15.1 Å². The summed E-state index contributed by atoms with van der Waals surface area (Å²) < 4.78 is 16.4. The molecule has 3 aliphatic rings. The summed E-state index contributed by atoms with van der Waals surface area (Å²) in [7, 11) is 0. The van der Waals surface area contributed by atoms with Crippen molar-refractivity contribution in [2.45, 2.75) is 45.7 Å². The molecule has 1 N–H and O–H groups in total. The lowest BCUT2D eigenvalue weighted by atomic mass is 9.77. The molecule has 4 rings (SSSR count). The number of nitrogens with zero attached hydrogens (tertiary/aromatic N) is 2. The number of ether oxygens (including phenoxy) is 3. The predicted molar refractivity (Wildman–Crippen MR) is 115 cm³/mol. The van der Waals surface area contributed by atoms with E-state index in [1.54, 1.807) is 0 Å². The van der Waals surface area contributed by atoms with E-state index in [2.05, 4.69) is 29.0 Å². The molecule has 2 aliphatic heterocycles. The molecule has 30 heavy (non-hydrogen) atoms. The van der Waals surface area contributed by atoms with Gasteiger partial charge < -0.3 is 24.4 Å². The van der Waals surface area contributed by atoms with Crippen molar-refractivity contribution >= 4 is 6.03 Å². The molecule has 0 radical (unpaired) electrons. The molecule has 2 amide bonds. The number of carbonyl (C=O) groups is 1. The summed E-state index contributed by atoms with van der Waals surface area (Å²) in [6, 6.07) is 6.28. The van der Waals surface area contributed by atoms with Gasteiger partial charge in [-0.1, -0.05) is 32.8 Å². The molecule has 3 unspecified atom stereocenters. The lowest BCUT2D eigenvalue weighted by Gasteiger charge is -2.41. The summed E-state index contributed by atoms with van der Waals surface area (Å²) in [4.78, 5) is 17.7. The largest absolute Gasteiger partial charge is 0.454 e. The van der Waals surface area contributed by atoms with Gasteiger partial charge in [-0.15, -0.1) is 0 Å². The molecule has 0 aromatic heterocycles. The second-order valence-electron chi connectivity index (χ2n) is 8.84. The zero-order chi connectivity index (χ0) is 20.9. The average Bonchev–Trinajstić information content (AvgIpc) is 3.23. The summed E-state index contributed by atoms with van der Waals surface area (Å²) in [5.41, 5.74) is 1.08. The Morgan fingerprint density at radius 2 is 1.97 bits per heavy atom. The highest BCUT2D eigenvalue weighted by Crippen LogP contribution is 2.36. The molecule has 166 valence electrons. The molecule has 3 atom stereocenters. The van der Waals surface area contributed by atoms with Crippen molar-refractivity contribution in [3.8, 4) is 11.5 Å². The van der Waals surface area contributed by atoms with Crippen molar-refractivity contribution in [2.24, 2.45) is 11.8 Å². The topological polar surface area (TPSA) is 63.3 Å². The van der Waals surface area contributed by atoms with Crippen LogP contribution in [0.25, 0.3) is 0 Å². The third-order valence-electron chi connectivity index (χ3n) is 6.92. The van der Waals surface area contributed by atoms with E-state index >= 15 is 0 Å². The number of rotatable bonds is 6. The molecule has 0 spiro atoms. The Bertz CT molecular complexity index is 722. The van der Waals surface area contributed by atoms with Crippen LogP contribution >= 0.6 is 0 Å². The first-order valence-electron chi connectivity index (χ1n) is 11.3. The van der Waals surface area contributed by atoms with Gasteiger partial charge in [-0.25, -0.2) is 4.79 Å². The predicted octanol–water partition coefficient (Wildman–Crippen LogP) is 3.08. The summed E-state index contributed by atoms with van der Waals surface area (Å²) >= 11 is 0.